The lowest BCUT2D eigenvalue weighted by atomic mass is 10.1. The molecular weight excluding hydrogens is 626 g/mol. The standard InChI is InChI=1S/C27H26Br2ClN3O4/c1-17-13-18(28)14-23(29)26(17)37-16-25(34)31-20-4-6-21(7-5-20)32-9-11-33(12-10-32)27(35)22-15-19(30)3-8-24(22)36-2/h3-8,13-15H,9-12,16H2,1-2H3,(H,31,34). The van der Waals surface area contributed by atoms with Gasteiger partial charge < -0.3 is 24.6 Å². The van der Waals surface area contributed by atoms with Crippen LogP contribution in [0.25, 0.3) is 0 Å². The molecule has 1 fully saturated rings. The first-order chi connectivity index (χ1) is 17.7. The largest absolute Gasteiger partial charge is 0.496 e. The van der Waals surface area contributed by atoms with Crippen molar-refractivity contribution in [2.24, 2.45) is 0 Å². The van der Waals surface area contributed by atoms with Crippen LogP contribution in [0.15, 0.2) is 63.5 Å². The molecule has 0 aromatic heterocycles. The van der Waals surface area contributed by atoms with Crippen molar-refractivity contribution < 1.29 is 19.1 Å². The lowest BCUT2D eigenvalue weighted by Crippen LogP contribution is -2.48. The molecule has 0 atom stereocenters. The zero-order valence-electron chi connectivity index (χ0n) is 20.4. The molecule has 0 aliphatic carbocycles. The summed E-state index contributed by atoms with van der Waals surface area (Å²) < 4.78 is 12.8. The van der Waals surface area contributed by atoms with Crippen LogP contribution in [-0.4, -0.2) is 56.6 Å². The molecule has 10 heteroatoms. The van der Waals surface area contributed by atoms with Gasteiger partial charge in [0.05, 0.1) is 17.1 Å². The van der Waals surface area contributed by atoms with E-state index in [1.54, 1.807) is 25.3 Å². The van der Waals surface area contributed by atoms with Crippen molar-refractivity contribution in [3.8, 4) is 11.5 Å². The van der Waals surface area contributed by atoms with Gasteiger partial charge in [0.2, 0.25) is 0 Å². The smallest absolute Gasteiger partial charge is 0.262 e. The first-order valence-corrected chi connectivity index (χ1v) is 13.6. The SMILES string of the molecule is COc1ccc(Cl)cc1C(=O)N1CCN(c2ccc(NC(=O)COc3c(C)cc(Br)cc3Br)cc2)CC1. The molecule has 1 saturated heterocycles. The fraction of sp³-hybridized carbons (Fsp3) is 0.259. The van der Waals surface area contributed by atoms with E-state index in [4.69, 9.17) is 21.1 Å². The highest BCUT2D eigenvalue weighted by Gasteiger charge is 2.25. The fourth-order valence-electron chi connectivity index (χ4n) is 4.15. The van der Waals surface area contributed by atoms with Crippen LogP contribution in [0.5, 0.6) is 11.5 Å². The predicted octanol–water partition coefficient (Wildman–Crippen LogP) is 6.16. The van der Waals surface area contributed by atoms with Crippen LogP contribution in [0.2, 0.25) is 5.02 Å². The number of ether oxygens (including phenoxy) is 2. The van der Waals surface area contributed by atoms with Gasteiger partial charge in [-0.1, -0.05) is 27.5 Å². The third kappa shape index (κ3) is 6.77. The molecule has 1 N–H and O–H groups in total. The van der Waals surface area contributed by atoms with Gasteiger partial charge in [-0.25, -0.2) is 0 Å². The molecule has 1 aliphatic rings. The summed E-state index contributed by atoms with van der Waals surface area (Å²) in [5.41, 5.74) is 3.10. The maximum atomic E-state index is 13.0. The first-order valence-electron chi connectivity index (χ1n) is 11.6. The summed E-state index contributed by atoms with van der Waals surface area (Å²) in [7, 11) is 1.54. The molecule has 3 aromatic rings. The molecule has 0 radical (unpaired) electrons. The van der Waals surface area contributed by atoms with E-state index < -0.39 is 0 Å². The van der Waals surface area contributed by atoms with Gasteiger partial charge in [-0.15, -0.1) is 0 Å². The van der Waals surface area contributed by atoms with Crippen LogP contribution in [0.4, 0.5) is 11.4 Å². The van der Waals surface area contributed by atoms with Gasteiger partial charge in [0.1, 0.15) is 11.5 Å². The van der Waals surface area contributed by atoms with Gasteiger partial charge in [-0.2, -0.15) is 0 Å². The highest BCUT2D eigenvalue weighted by molar-refractivity contribution is 9.11. The number of hydrogen-bond acceptors (Lipinski definition) is 5. The van der Waals surface area contributed by atoms with E-state index in [1.807, 2.05) is 48.2 Å². The number of hydrogen-bond donors (Lipinski definition) is 1. The molecule has 1 aliphatic heterocycles. The van der Waals surface area contributed by atoms with Gasteiger partial charge in [0, 0.05) is 47.0 Å². The van der Waals surface area contributed by atoms with Crippen LogP contribution in [0.3, 0.4) is 0 Å². The topological polar surface area (TPSA) is 71.1 Å². The molecule has 0 bridgehead atoms. The van der Waals surface area contributed by atoms with Gasteiger partial charge in [-0.05, 0) is 83.0 Å². The predicted molar refractivity (Wildman–Crippen MR) is 153 cm³/mol. The number of methoxy groups -OCH3 is 1. The second-order valence-corrected chi connectivity index (χ2v) is 10.7. The van der Waals surface area contributed by atoms with Crippen LogP contribution in [0, 0.1) is 6.92 Å². The molecule has 37 heavy (non-hydrogen) atoms. The summed E-state index contributed by atoms with van der Waals surface area (Å²) in [5.74, 6) is 0.815. The lowest BCUT2D eigenvalue weighted by Gasteiger charge is -2.36. The highest BCUT2D eigenvalue weighted by atomic mass is 79.9. The number of aryl methyl sites for hydroxylation is 1. The van der Waals surface area contributed by atoms with Gasteiger partial charge in [0.25, 0.3) is 11.8 Å². The van der Waals surface area contributed by atoms with E-state index in [9.17, 15) is 9.59 Å². The lowest BCUT2D eigenvalue weighted by molar-refractivity contribution is -0.118. The normalized spacial score (nSPS) is 13.3. The average Bonchev–Trinajstić information content (AvgIpc) is 2.88. The first kappa shape index (κ1) is 27.3. The van der Waals surface area contributed by atoms with Gasteiger partial charge >= 0.3 is 0 Å². The fourth-order valence-corrected chi connectivity index (χ4v) is 5.87. The van der Waals surface area contributed by atoms with Crippen LogP contribution in [0.1, 0.15) is 15.9 Å². The minimum Gasteiger partial charge on any atom is -0.496 e. The number of carbonyl (C=O) groups excluding carboxylic acids is 2. The molecule has 7 nitrogen and oxygen atoms in total. The van der Waals surface area contributed by atoms with Crippen molar-refractivity contribution in [3.05, 3.63) is 79.7 Å². The molecule has 2 amide bonds. The Bertz CT molecular complexity index is 1270. The zero-order chi connectivity index (χ0) is 26.5. The van der Waals surface area contributed by atoms with Crippen molar-refractivity contribution in [3.63, 3.8) is 0 Å². The molecule has 0 spiro atoms. The monoisotopic (exact) mass is 649 g/mol. The van der Waals surface area contributed by atoms with Crippen molar-refractivity contribution >= 4 is 66.6 Å². The Hall–Kier alpha value is -2.75. The second kappa shape index (κ2) is 12.2. The maximum Gasteiger partial charge on any atom is 0.262 e. The summed E-state index contributed by atoms with van der Waals surface area (Å²) in [6.07, 6.45) is 0. The number of carbonyl (C=O) groups is 2. The minimum atomic E-state index is -0.245. The van der Waals surface area contributed by atoms with E-state index in [1.165, 1.54) is 0 Å². The van der Waals surface area contributed by atoms with Crippen LogP contribution < -0.4 is 19.7 Å². The molecule has 1 heterocycles. The van der Waals surface area contributed by atoms with E-state index in [-0.39, 0.29) is 18.4 Å². The Morgan fingerprint density at radius 3 is 2.35 bits per heavy atom. The summed E-state index contributed by atoms with van der Waals surface area (Å²) in [6, 6.07) is 16.5. The Kier molecular flexibility index (Phi) is 9.00. The van der Waals surface area contributed by atoms with Crippen molar-refractivity contribution in [2.75, 3.05) is 50.1 Å². The molecule has 3 aromatic carbocycles. The summed E-state index contributed by atoms with van der Waals surface area (Å²) in [6.45, 7) is 4.36. The van der Waals surface area contributed by atoms with Crippen LogP contribution in [-0.2, 0) is 4.79 Å². The minimum absolute atomic E-state index is 0.0929. The molecular formula is C27H26Br2ClN3O4. The molecule has 194 valence electrons. The van der Waals surface area contributed by atoms with E-state index >= 15 is 0 Å². The number of amides is 2. The Labute approximate surface area is 237 Å². The molecule has 0 saturated carbocycles. The second-order valence-electron chi connectivity index (χ2n) is 8.54. The summed E-state index contributed by atoms with van der Waals surface area (Å²) >= 11 is 13.0. The Balaban J connectivity index is 1.29. The third-order valence-corrected chi connectivity index (χ3v) is 7.30. The Morgan fingerprint density at radius 2 is 1.70 bits per heavy atom. The van der Waals surface area contributed by atoms with Gasteiger partial charge in [0.15, 0.2) is 6.61 Å². The Morgan fingerprint density at radius 1 is 1.00 bits per heavy atom. The molecule has 4 rings (SSSR count). The number of benzene rings is 3. The number of nitrogens with one attached hydrogen (secondary N) is 1. The number of rotatable bonds is 7. The molecule has 0 unspecified atom stereocenters. The number of piperazine rings is 1. The summed E-state index contributed by atoms with van der Waals surface area (Å²) in [5, 5.41) is 3.36. The maximum absolute atomic E-state index is 13.0. The van der Waals surface area contributed by atoms with E-state index in [0.29, 0.717) is 54.0 Å². The quantitative estimate of drug-likeness (QED) is 0.332. The van der Waals surface area contributed by atoms with Crippen molar-refractivity contribution in [2.45, 2.75) is 6.92 Å². The highest BCUT2D eigenvalue weighted by Crippen LogP contribution is 2.32. The van der Waals surface area contributed by atoms with Gasteiger partial charge in [-0.3, -0.25) is 9.59 Å². The number of anilines is 2. The average molecular weight is 652 g/mol. The van der Waals surface area contributed by atoms with E-state index in [0.717, 1.165) is 20.2 Å². The van der Waals surface area contributed by atoms with Crippen molar-refractivity contribution in [1.82, 2.24) is 4.90 Å². The zero-order valence-corrected chi connectivity index (χ0v) is 24.3. The van der Waals surface area contributed by atoms with Crippen LogP contribution >= 0.6 is 43.5 Å². The van der Waals surface area contributed by atoms with E-state index in [2.05, 4.69) is 42.1 Å². The van der Waals surface area contributed by atoms with Crippen molar-refractivity contribution in [1.29, 1.82) is 0 Å². The number of halogens is 3. The third-order valence-electron chi connectivity index (χ3n) is 6.02. The number of nitrogens with zero attached hydrogens (tertiary/aromatic N) is 2. The summed E-state index contributed by atoms with van der Waals surface area (Å²) in [4.78, 5) is 29.5.